The monoisotopic (exact) mass is 299 g/mol. The van der Waals surface area contributed by atoms with Crippen molar-refractivity contribution in [3.63, 3.8) is 0 Å². The number of aliphatic carboxylic acids is 1. The number of thioether (sulfide) groups is 1. The van der Waals surface area contributed by atoms with Crippen molar-refractivity contribution in [2.24, 2.45) is 0 Å². The number of nitrogens with zero attached hydrogens (tertiary/aromatic N) is 1. The van der Waals surface area contributed by atoms with Crippen molar-refractivity contribution in [2.75, 3.05) is 24.0 Å². The Morgan fingerprint density at radius 2 is 2.26 bits per heavy atom. The molecule has 1 unspecified atom stereocenters. The molecule has 0 amide bonds. The molecule has 5 heteroatoms. The van der Waals surface area contributed by atoms with E-state index in [-0.39, 0.29) is 0 Å². The van der Waals surface area contributed by atoms with E-state index < -0.39 is 5.97 Å². The first-order valence-electron chi connectivity index (χ1n) is 5.88. The van der Waals surface area contributed by atoms with Gasteiger partial charge in [0.1, 0.15) is 0 Å². The molecule has 0 radical (unpaired) electrons. The highest BCUT2D eigenvalue weighted by Gasteiger charge is 2.12. The van der Waals surface area contributed by atoms with Crippen molar-refractivity contribution in [3.8, 4) is 0 Å². The summed E-state index contributed by atoms with van der Waals surface area (Å²) >= 11 is 7.75. The molecule has 0 aliphatic heterocycles. The molecule has 1 aromatic rings. The summed E-state index contributed by atoms with van der Waals surface area (Å²) in [5, 5.41) is 9.33. The van der Waals surface area contributed by atoms with Gasteiger partial charge in [-0.25, -0.2) is 4.79 Å². The van der Waals surface area contributed by atoms with Crippen LogP contribution < -0.4 is 4.90 Å². The Morgan fingerprint density at radius 3 is 2.84 bits per heavy atom. The lowest BCUT2D eigenvalue weighted by Crippen LogP contribution is -2.31. The third-order valence-corrected chi connectivity index (χ3v) is 3.89. The van der Waals surface area contributed by atoms with E-state index in [0.29, 0.717) is 11.1 Å². The third kappa shape index (κ3) is 4.80. The molecule has 0 saturated carbocycles. The summed E-state index contributed by atoms with van der Waals surface area (Å²) in [5.74, 6) is 0.0343. The molecule has 19 heavy (non-hydrogen) atoms. The van der Waals surface area contributed by atoms with Gasteiger partial charge in [-0.05, 0) is 43.0 Å². The van der Waals surface area contributed by atoms with E-state index in [1.165, 1.54) is 0 Å². The quantitative estimate of drug-likeness (QED) is 0.815. The van der Waals surface area contributed by atoms with Gasteiger partial charge < -0.3 is 10.0 Å². The smallest absolute Gasteiger partial charge is 0.328 e. The van der Waals surface area contributed by atoms with E-state index in [9.17, 15) is 4.79 Å². The Hall–Kier alpha value is -1.13. The standard InChI is InChI=1S/C14H18ClNO2S/c1-10(9-19-3)16(2)13-6-5-12(15)8-11(13)4-7-14(17)18/h4-8,10H,9H2,1-3H3,(H,17,18)/b7-4+. The predicted molar refractivity (Wildman–Crippen MR) is 84.4 cm³/mol. The highest BCUT2D eigenvalue weighted by molar-refractivity contribution is 7.98. The van der Waals surface area contributed by atoms with Crippen LogP contribution >= 0.6 is 23.4 Å². The van der Waals surface area contributed by atoms with Crippen LogP contribution in [-0.2, 0) is 4.79 Å². The first kappa shape index (κ1) is 15.9. The van der Waals surface area contributed by atoms with Crippen molar-refractivity contribution < 1.29 is 9.90 Å². The number of anilines is 1. The molecule has 0 fully saturated rings. The molecule has 0 aliphatic rings. The van der Waals surface area contributed by atoms with E-state index in [0.717, 1.165) is 23.1 Å². The Bertz CT molecular complexity index is 477. The molecular formula is C14H18ClNO2S. The van der Waals surface area contributed by atoms with Crippen molar-refractivity contribution in [1.82, 2.24) is 0 Å². The zero-order chi connectivity index (χ0) is 14.4. The number of rotatable bonds is 6. The molecule has 0 aromatic heterocycles. The second-order valence-electron chi connectivity index (χ2n) is 4.29. The first-order chi connectivity index (χ1) is 8.95. The summed E-state index contributed by atoms with van der Waals surface area (Å²) in [6.07, 6.45) is 4.77. The number of hydrogen-bond acceptors (Lipinski definition) is 3. The average molecular weight is 300 g/mol. The van der Waals surface area contributed by atoms with Gasteiger partial charge in [0.25, 0.3) is 0 Å². The highest BCUT2D eigenvalue weighted by Crippen LogP contribution is 2.26. The summed E-state index contributed by atoms with van der Waals surface area (Å²) in [7, 11) is 2.00. The fourth-order valence-corrected chi connectivity index (χ4v) is 2.62. The van der Waals surface area contributed by atoms with Gasteiger partial charge in [0.15, 0.2) is 0 Å². The summed E-state index contributed by atoms with van der Waals surface area (Å²) in [6, 6.07) is 5.87. The summed E-state index contributed by atoms with van der Waals surface area (Å²) in [4.78, 5) is 12.8. The van der Waals surface area contributed by atoms with Crippen molar-refractivity contribution in [2.45, 2.75) is 13.0 Å². The zero-order valence-electron chi connectivity index (χ0n) is 11.3. The molecule has 1 aromatic carbocycles. The van der Waals surface area contributed by atoms with Crippen LogP contribution in [0.2, 0.25) is 5.02 Å². The van der Waals surface area contributed by atoms with Gasteiger partial charge in [0, 0.05) is 35.6 Å². The highest BCUT2D eigenvalue weighted by atomic mass is 35.5. The molecule has 1 atom stereocenters. The molecule has 0 aliphatic carbocycles. The van der Waals surface area contributed by atoms with E-state index in [1.807, 2.05) is 19.2 Å². The molecule has 0 saturated heterocycles. The Morgan fingerprint density at radius 1 is 1.58 bits per heavy atom. The number of halogens is 1. The minimum atomic E-state index is -0.967. The van der Waals surface area contributed by atoms with Gasteiger partial charge in [0.2, 0.25) is 0 Å². The average Bonchev–Trinajstić information content (AvgIpc) is 2.36. The SMILES string of the molecule is CSCC(C)N(C)c1ccc(Cl)cc1/C=C/C(=O)O. The van der Waals surface area contributed by atoms with Crippen LogP contribution in [0.1, 0.15) is 12.5 Å². The topological polar surface area (TPSA) is 40.5 Å². The van der Waals surface area contributed by atoms with Crippen LogP contribution in [0, 0.1) is 0 Å². The lowest BCUT2D eigenvalue weighted by Gasteiger charge is -2.28. The van der Waals surface area contributed by atoms with Gasteiger partial charge in [0.05, 0.1) is 0 Å². The maximum Gasteiger partial charge on any atom is 0.328 e. The van der Waals surface area contributed by atoms with Gasteiger partial charge in [-0.1, -0.05) is 11.6 Å². The van der Waals surface area contributed by atoms with Crippen molar-refractivity contribution >= 4 is 41.1 Å². The lowest BCUT2D eigenvalue weighted by molar-refractivity contribution is -0.131. The Balaban J connectivity index is 3.08. The van der Waals surface area contributed by atoms with Crippen LogP contribution in [-0.4, -0.2) is 36.2 Å². The summed E-state index contributed by atoms with van der Waals surface area (Å²) in [6.45, 7) is 2.13. The van der Waals surface area contributed by atoms with E-state index in [1.54, 1.807) is 23.9 Å². The van der Waals surface area contributed by atoms with E-state index in [2.05, 4.69) is 18.1 Å². The van der Waals surface area contributed by atoms with E-state index >= 15 is 0 Å². The normalized spacial score (nSPS) is 12.6. The predicted octanol–water partition coefficient (Wildman–Crippen LogP) is 3.63. The number of hydrogen-bond donors (Lipinski definition) is 1. The molecule has 0 bridgehead atoms. The van der Waals surface area contributed by atoms with Crippen molar-refractivity contribution in [1.29, 1.82) is 0 Å². The summed E-state index contributed by atoms with van der Waals surface area (Å²) < 4.78 is 0. The van der Waals surface area contributed by atoms with Crippen LogP contribution in [0.5, 0.6) is 0 Å². The fraction of sp³-hybridized carbons (Fsp3) is 0.357. The molecule has 104 valence electrons. The van der Waals surface area contributed by atoms with Gasteiger partial charge in [-0.2, -0.15) is 11.8 Å². The second-order valence-corrected chi connectivity index (χ2v) is 5.64. The molecular weight excluding hydrogens is 282 g/mol. The molecule has 0 spiro atoms. The number of carboxylic acids is 1. The zero-order valence-corrected chi connectivity index (χ0v) is 12.8. The number of carbonyl (C=O) groups is 1. The molecule has 3 nitrogen and oxygen atoms in total. The van der Waals surface area contributed by atoms with Crippen LogP contribution in [0.15, 0.2) is 24.3 Å². The number of benzene rings is 1. The lowest BCUT2D eigenvalue weighted by atomic mass is 10.1. The molecule has 1 N–H and O–H groups in total. The maximum atomic E-state index is 10.6. The van der Waals surface area contributed by atoms with Crippen LogP contribution in [0.4, 0.5) is 5.69 Å². The fourth-order valence-electron chi connectivity index (χ4n) is 1.73. The van der Waals surface area contributed by atoms with Crippen molar-refractivity contribution in [3.05, 3.63) is 34.9 Å². The second kappa shape index (κ2) is 7.46. The van der Waals surface area contributed by atoms with Crippen LogP contribution in [0.25, 0.3) is 6.08 Å². The minimum Gasteiger partial charge on any atom is -0.478 e. The first-order valence-corrected chi connectivity index (χ1v) is 7.65. The minimum absolute atomic E-state index is 0.355. The van der Waals surface area contributed by atoms with Gasteiger partial charge >= 0.3 is 5.97 Å². The molecule has 0 heterocycles. The molecule has 1 rings (SSSR count). The Labute approximate surface area is 123 Å². The van der Waals surface area contributed by atoms with Gasteiger partial charge in [-0.15, -0.1) is 0 Å². The summed E-state index contributed by atoms with van der Waals surface area (Å²) in [5.41, 5.74) is 1.79. The number of carboxylic acid groups (broad SMARTS) is 1. The maximum absolute atomic E-state index is 10.6. The largest absolute Gasteiger partial charge is 0.478 e. The Kier molecular flexibility index (Phi) is 6.25. The van der Waals surface area contributed by atoms with Crippen LogP contribution in [0.3, 0.4) is 0 Å². The van der Waals surface area contributed by atoms with E-state index in [4.69, 9.17) is 16.7 Å². The van der Waals surface area contributed by atoms with Gasteiger partial charge in [-0.3, -0.25) is 0 Å². The third-order valence-electron chi connectivity index (χ3n) is 2.84.